The number of likely N-dealkylation sites (tertiary alicyclic amines) is 1. The van der Waals surface area contributed by atoms with Crippen LogP contribution < -0.4 is 5.32 Å². The van der Waals surface area contributed by atoms with Crippen LogP contribution in [0.4, 0.5) is 0 Å². The molecule has 0 spiro atoms. The second kappa shape index (κ2) is 9.24. The molecule has 7 nitrogen and oxygen atoms in total. The van der Waals surface area contributed by atoms with Gasteiger partial charge in [-0.25, -0.2) is 8.42 Å². The number of carbonyl (C=O) groups is 1. The predicted molar refractivity (Wildman–Crippen MR) is 111 cm³/mol. The van der Waals surface area contributed by atoms with Gasteiger partial charge in [-0.1, -0.05) is 0 Å². The number of sulfone groups is 1. The van der Waals surface area contributed by atoms with Gasteiger partial charge in [-0.3, -0.25) is 14.6 Å². The first-order valence-electron chi connectivity index (χ1n) is 10.3. The van der Waals surface area contributed by atoms with Crippen molar-refractivity contribution in [2.75, 3.05) is 31.9 Å². The number of carbonyl (C=O) groups excluding carboxylic acids is 1. The minimum Gasteiger partial charge on any atom is -0.353 e. The molecule has 1 aromatic carbocycles. The van der Waals surface area contributed by atoms with Crippen LogP contribution >= 0.6 is 0 Å². The molecule has 0 aromatic heterocycles. The highest BCUT2D eigenvalue weighted by Gasteiger charge is 2.39. The van der Waals surface area contributed by atoms with E-state index in [2.05, 4.69) is 15.1 Å². The van der Waals surface area contributed by atoms with E-state index >= 15 is 0 Å². The molecular formula is C21H30N4O3S. The van der Waals surface area contributed by atoms with E-state index in [0.717, 1.165) is 32.5 Å². The van der Waals surface area contributed by atoms with Crippen LogP contribution in [-0.4, -0.2) is 74.2 Å². The van der Waals surface area contributed by atoms with Crippen molar-refractivity contribution in [3.63, 3.8) is 0 Å². The summed E-state index contributed by atoms with van der Waals surface area (Å²) >= 11 is 0. The lowest BCUT2D eigenvalue weighted by atomic mass is 10.1. The number of nitrogens with zero attached hydrogens (tertiary/aromatic N) is 3. The molecule has 2 aliphatic heterocycles. The van der Waals surface area contributed by atoms with Gasteiger partial charge in [-0.2, -0.15) is 5.26 Å². The lowest BCUT2D eigenvalue weighted by Gasteiger charge is -2.40. The largest absolute Gasteiger partial charge is 0.353 e. The second-order valence-electron chi connectivity index (χ2n) is 8.35. The molecule has 0 saturated carbocycles. The molecule has 2 atom stereocenters. The predicted octanol–water partition coefficient (Wildman–Crippen LogP) is 1.40. The van der Waals surface area contributed by atoms with Gasteiger partial charge in [0.05, 0.1) is 28.8 Å². The summed E-state index contributed by atoms with van der Waals surface area (Å²) in [6, 6.07) is 9.07. The number of benzene rings is 1. The van der Waals surface area contributed by atoms with Gasteiger partial charge >= 0.3 is 0 Å². The van der Waals surface area contributed by atoms with Gasteiger partial charge in [0.25, 0.3) is 0 Å². The number of piperazine rings is 1. The molecule has 2 unspecified atom stereocenters. The SMILES string of the molecule is CC(C)NC(=O)CN1CC2CCC(C1)N2CCCS(=O)(=O)c1ccc(C#N)cc1. The molecule has 29 heavy (non-hydrogen) atoms. The van der Waals surface area contributed by atoms with Crippen LogP contribution in [0.2, 0.25) is 0 Å². The van der Waals surface area contributed by atoms with Crippen molar-refractivity contribution in [2.24, 2.45) is 0 Å². The van der Waals surface area contributed by atoms with Crippen molar-refractivity contribution in [3.8, 4) is 6.07 Å². The normalized spacial score (nSPS) is 22.6. The number of amides is 1. The molecule has 1 amide bonds. The Morgan fingerprint density at radius 2 is 1.83 bits per heavy atom. The molecule has 158 valence electrons. The van der Waals surface area contributed by atoms with Crippen LogP contribution in [0.1, 0.15) is 38.7 Å². The van der Waals surface area contributed by atoms with Gasteiger partial charge in [-0.05, 0) is 63.9 Å². The highest BCUT2D eigenvalue weighted by Crippen LogP contribution is 2.30. The second-order valence-corrected chi connectivity index (χ2v) is 10.5. The fraction of sp³-hybridized carbons (Fsp3) is 0.619. The van der Waals surface area contributed by atoms with Crippen molar-refractivity contribution < 1.29 is 13.2 Å². The average Bonchev–Trinajstić information content (AvgIpc) is 2.90. The fourth-order valence-electron chi connectivity index (χ4n) is 4.43. The number of nitrogens with one attached hydrogen (secondary N) is 1. The first-order valence-corrected chi connectivity index (χ1v) is 11.9. The van der Waals surface area contributed by atoms with Gasteiger partial charge in [0, 0.05) is 31.2 Å². The van der Waals surface area contributed by atoms with E-state index in [9.17, 15) is 13.2 Å². The molecule has 1 aromatic rings. The third-order valence-electron chi connectivity index (χ3n) is 5.70. The minimum atomic E-state index is -3.34. The molecule has 2 aliphatic rings. The number of nitriles is 1. The van der Waals surface area contributed by atoms with Crippen molar-refractivity contribution >= 4 is 15.7 Å². The quantitative estimate of drug-likeness (QED) is 0.686. The summed E-state index contributed by atoms with van der Waals surface area (Å²) in [4.78, 5) is 17.0. The molecule has 2 saturated heterocycles. The summed E-state index contributed by atoms with van der Waals surface area (Å²) in [5.41, 5.74) is 0.459. The first-order chi connectivity index (χ1) is 13.8. The smallest absolute Gasteiger partial charge is 0.234 e. The topological polar surface area (TPSA) is 93.5 Å². The highest BCUT2D eigenvalue weighted by molar-refractivity contribution is 7.91. The Labute approximate surface area is 173 Å². The van der Waals surface area contributed by atoms with Gasteiger partial charge in [0.2, 0.25) is 5.91 Å². The molecule has 2 fully saturated rings. The first kappa shape index (κ1) is 21.8. The molecule has 0 aliphatic carbocycles. The summed E-state index contributed by atoms with van der Waals surface area (Å²) in [7, 11) is -3.34. The van der Waals surface area contributed by atoms with E-state index in [4.69, 9.17) is 5.26 Å². The maximum atomic E-state index is 12.6. The maximum absolute atomic E-state index is 12.6. The molecule has 0 radical (unpaired) electrons. The van der Waals surface area contributed by atoms with E-state index in [-0.39, 0.29) is 22.6 Å². The molecule has 1 N–H and O–H groups in total. The molecular weight excluding hydrogens is 388 g/mol. The third-order valence-corrected chi connectivity index (χ3v) is 7.51. The lowest BCUT2D eigenvalue weighted by Crippen LogP contribution is -2.56. The number of fused-ring (bicyclic) bond motifs is 2. The number of rotatable bonds is 8. The third kappa shape index (κ3) is 5.56. The zero-order chi connectivity index (χ0) is 21.0. The molecule has 2 heterocycles. The van der Waals surface area contributed by atoms with Gasteiger partial charge in [0.1, 0.15) is 0 Å². The standard InChI is InChI=1S/C21H30N4O3S/c1-16(2)23-21(26)15-24-13-18-6-7-19(14-24)25(18)10-3-11-29(27,28)20-8-4-17(12-22)5-9-20/h4-5,8-9,16,18-19H,3,6-7,10-11,13-15H2,1-2H3,(H,23,26). The van der Waals surface area contributed by atoms with Crippen LogP contribution in [0.5, 0.6) is 0 Å². The fourth-order valence-corrected chi connectivity index (χ4v) is 5.73. The summed E-state index contributed by atoms with van der Waals surface area (Å²) in [5.74, 6) is 0.177. The van der Waals surface area contributed by atoms with Crippen molar-refractivity contribution in [1.29, 1.82) is 5.26 Å². The maximum Gasteiger partial charge on any atom is 0.234 e. The highest BCUT2D eigenvalue weighted by atomic mass is 32.2. The Morgan fingerprint density at radius 1 is 1.21 bits per heavy atom. The Kier molecular flexibility index (Phi) is 6.93. The zero-order valence-electron chi connectivity index (χ0n) is 17.2. The van der Waals surface area contributed by atoms with E-state index < -0.39 is 9.84 Å². The van der Waals surface area contributed by atoms with E-state index in [1.165, 1.54) is 12.1 Å². The summed E-state index contributed by atoms with van der Waals surface area (Å²) in [6.45, 7) is 6.86. The summed E-state index contributed by atoms with van der Waals surface area (Å²) < 4.78 is 25.1. The van der Waals surface area contributed by atoms with Crippen molar-refractivity contribution in [3.05, 3.63) is 29.8 Å². The van der Waals surface area contributed by atoms with Crippen LogP contribution in [0, 0.1) is 11.3 Å². The van der Waals surface area contributed by atoms with E-state index in [1.54, 1.807) is 12.1 Å². The van der Waals surface area contributed by atoms with Crippen LogP contribution in [0.25, 0.3) is 0 Å². The Hall–Kier alpha value is -1.95. The van der Waals surface area contributed by atoms with E-state index in [1.807, 2.05) is 19.9 Å². The Bertz CT molecular complexity index is 847. The Balaban J connectivity index is 1.49. The monoisotopic (exact) mass is 418 g/mol. The summed E-state index contributed by atoms with van der Waals surface area (Å²) in [6.07, 6.45) is 2.80. The van der Waals surface area contributed by atoms with Crippen molar-refractivity contribution in [1.82, 2.24) is 15.1 Å². The number of hydrogen-bond acceptors (Lipinski definition) is 6. The van der Waals surface area contributed by atoms with E-state index in [0.29, 0.717) is 30.6 Å². The average molecular weight is 419 g/mol. The van der Waals surface area contributed by atoms with Gasteiger partial charge < -0.3 is 5.32 Å². The van der Waals surface area contributed by atoms with Crippen LogP contribution in [0.3, 0.4) is 0 Å². The molecule has 3 rings (SSSR count). The van der Waals surface area contributed by atoms with Gasteiger partial charge in [-0.15, -0.1) is 0 Å². The number of hydrogen-bond donors (Lipinski definition) is 1. The van der Waals surface area contributed by atoms with Crippen molar-refractivity contribution in [2.45, 2.75) is 56.1 Å². The summed E-state index contributed by atoms with van der Waals surface area (Å²) in [5, 5.41) is 11.8. The zero-order valence-corrected chi connectivity index (χ0v) is 18.0. The van der Waals surface area contributed by atoms with Gasteiger partial charge in [0.15, 0.2) is 9.84 Å². The lowest BCUT2D eigenvalue weighted by molar-refractivity contribution is -0.123. The van der Waals surface area contributed by atoms with Crippen LogP contribution in [0.15, 0.2) is 29.2 Å². The minimum absolute atomic E-state index is 0.0707. The molecule has 2 bridgehead atoms. The molecule has 8 heteroatoms. The van der Waals surface area contributed by atoms with Crippen LogP contribution in [-0.2, 0) is 14.6 Å². The Morgan fingerprint density at radius 3 is 2.38 bits per heavy atom.